The molecule has 1 fully saturated rings. The van der Waals surface area contributed by atoms with Crippen LogP contribution in [0.25, 0.3) is 10.2 Å². The van der Waals surface area contributed by atoms with Gasteiger partial charge in [-0.1, -0.05) is 12.1 Å². The van der Waals surface area contributed by atoms with Crippen LogP contribution in [0.3, 0.4) is 0 Å². The average Bonchev–Trinajstić information content (AvgIpc) is 2.96. The molecule has 3 nitrogen and oxygen atoms in total. The van der Waals surface area contributed by atoms with E-state index in [1.807, 2.05) is 24.3 Å². The molecule has 2 aromatic rings. The first-order valence-corrected chi connectivity index (χ1v) is 7.94. The number of nitrogens with zero attached hydrogens (tertiary/aromatic N) is 1. The van der Waals surface area contributed by atoms with Crippen molar-refractivity contribution < 1.29 is 4.21 Å². The summed E-state index contributed by atoms with van der Waals surface area (Å²) in [6.45, 7) is 1.06. The van der Waals surface area contributed by atoms with E-state index in [0.717, 1.165) is 27.5 Å². The zero-order valence-corrected chi connectivity index (χ0v) is 11.0. The summed E-state index contributed by atoms with van der Waals surface area (Å²) in [5.74, 6) is 0.694. The third-order valence-corrected chi connectivity index (χ3v) is 5.81. The molecule has 0 aliphatic carbocycles. The maximum absolute atomic E-state index is 12.2. The van der Waals surface area contributed by atoms with Crippen molar-refractivity contribution in [1.29, 1.82) is 0 Å². The lowest BCUT2D eigenvalue weighted by Crippen LogP contribution is -2.27. The Labute approximate surface area is 107 Å². The molecule has 0 amide bonds. The minimum atomic E-state index is -0.961. The number of para-hydroxylation sites is 1. The van der Waals surface area contributed by atoms with Crippen molar-refractivity contribution in [1.82, 2.24) is 10.3 Å². The van der Waals surface area contributed by atoms with E-state index in [9.17, 15) is 4.21 Å². The predicted molar refractivity (Wildman–Crippen MR) is 71.9 cm³/mol. The van der Waals surface area contributed by atoms with Gasteiger partial charge in [-0.05, 0) is 31.5 Å². The average molecular weight is 266 g/mol. The SMILES string of the molecule is O=[S@@](C[C@@H]1CCCN1)c1nc2ccccc2s1. The molecule has 1 saturated heterocycles. The molecule has 0 bridgehead atoms. The Bertz CT molecular complexity index is 513. The number of benzene rings is 1. The van der Waals surface area contributed by atoms with Crippen LogP contribution >= 0.6 is 11.3 Å². The molecule has 0 unspecified atom stereocenters. The van der Waals surface area contributed by atoms with Gasteiger partial charge in [0.1, 0.15) is 0 Å². The molecule has 1 aliphatic heterocycles. The normalized spacial score (nSPS) is 22.0. The van der Waals surface area contributed by atoms with Gasteiger partial charge < -0.3 is 5.32 Å². The van der Waals surface area contributed by atoms with E-state index in [2.05, 4.69) is 10.3 Å². The number of hydrogen-bond donors (Lipinski definition) is 1. The molecule has 1 aromatic carbocycles. The Hall–Kier alpha value is -0.780. The second kappa shape index (κ2) is 4.84. The van der Waals surface area contributed by atoms with Crippen molar-refractivity contribution in [3.05, 3.63) is 24.3 Å². The van der Waals surface area contributed by atoms with E-state index >= 15 is 0 Å². The van der Waals surface area contributed by atoms with Crippen molar-refractivity contribution in [2.75, 3.05) is 12.3 Å². The molecular weight excluding hydrogens is 252 g/mol. The Kier molecular flexibility index (Phi) is 3.22. The molecule has 0 radical (unpaired) electrons. The van der Waals surface area contributed by atoms with E-state index < -0.39 is 10.8 Å². The Balaban J connectivity index is 1.80. The van der Waals surface area contributed by atoms with E-state index in [1.54, 1.807) is 11.3 Å². The van der Waals surface area contributed by atoms with Gasteiger partial charge >= 0.3 is 0 Å². The first-order valence-electron chi connectivity index (χ1n) is 5.80. The van der Waals surface area contributed by atoms with Crippen LogP contribution in [0, 0.1) is 0 Å². The minimum Gasteiger partial charge on any atom is -0.313 e. The van der Waals surface area contributed by atoms with Crippen molar-refractivity contribution in [2.24, 2.45) is 0 Å². The number of nitrogens with one attached hydrogen (secondary N) is 1. The zero-order chi connectivity index (χ0) is 11.7. The van der Waals surface area contributed by atoms with Crippen LogP contribution in [0.2, 0.25) is 0 Å². The fourth-order valence-electron chi connectivity index (χ4n) is 2.10. The van der Waals surface area contributed by atoms with Gasteiger partial charge in [-0.25, -0.2) is 4.98 Å². The molecule has 0 saturated carbocycles. The van der Waals surface area contributed by atoms with Crippen molar-refractivity contribution in [3.63, 3.8) is 0 Å². The summed E-state index contributed by atoms with van der Waals surface area (Å²) in [5.41, 5.74) is 0.959. The van der Waals surface area contributed by atoms with Gasteiger partial charge in [0.25, 0.3) is 0 Å². The number of rotatable bonds is 3. The minimum absolute atomic E-state index is 0.405. The maximum Gasteiger partial charge on any atom is 0.181 e. The lowest BCUT2D eigenvalue weighted by atomic mass is 10.3. The molecule has 2 atom stereocenters. The first-order chi connectivity index (χ1) is 8.33. The van der Waals surface area contributed by atoms with Gasteiger partial charge in [-0.15, -0.1) is 11.3 Å². The van der Waals surface area contributed by atoms with Crippen LogP contribution in [0.4, 0.5) is 0 Å². The Morgan fingerprint density at radius 2 is 2.35 bits per heavy atom. The molecule has 2 heterocycles. The number of fused-ring (bicyclic) bond motifs is 1. The van der Waals surface area contributed by atoms with Gasteiger partial charge in [0.05, 0.1) is 21.0 Å². The predicted octanol–water partition coefficient (Wildman–Crippen LogP) is 2.16. The van der Waals surface area contributed by atoms with Crippen LogP contribution in [0.15, 0.2) is 28.6 Å². The Morgan fingerprint density at radius 3 is 3.12 bits per heavy atom. The fourth-order valence-corrected chi connectivity index (χ4v) is 4.64. The van der Waals surface area contributed by atoms with Crippen molar-refractivity contribution >= 4 is 32.4 Å². The summed E-state index contributed by atoms with van der Waals surface area (Å²) >= 11 is 1.55. The van der Waals surface area contributed by atoms with Gasteiger partial charge in [-0.3, -0.25) is 4.21 Å². The molecular formula is C12H14N2OS2. The summed E-state index contributed by atoms with van der Waals surface area (Å²) in [5, 5.41) is 3.37. The molecule has 1 aliphatic rings. The highest BCUT2D eigenvalue weighted by Gasteiger charge is 2.19. The van der Waals surface area contributed by atoms with Crippen LogP contribution in [0.5, 0.6) is 0 Å². The van der Waals surface area contributed by atoms with Gasteiger partial charge in [0.2, 0.25) is 0 Å². The molecule has 3 rings (SSSR count). The summed E-state index contributed by atoms with van der Waals surface area (Å²) in [7, 11) is -0.961. The highest BCUT2D eigenvalue weighted by Crippen LogP contribution is 2.24. The number of aromatic nitrogens is 1. The van der Waals surface area contributed by atoms with E-state index in [-0.39, 0.29) is 0 Å². The van der Waals surface area contributed by atoms with Gasteiger partial charge in [0, 0.05) is 11.8 Å². The quantitative estimate of drug-likeness (QED) is 0.925. The van der Waals surface area contributed by atoms with E-state index in [1.165, 1.54) is 6.42 Å². The van der Waals surface area contributed by atoms with Gasteiger partial charge in [-0.2, -0.15) is 0 Å². The number of thiazole rings is 1. The molecule has 17 heavy (non-hydrogen) atoms. The van der Waals surface area contributed by atoms with E-state index in [0.29, 0.717) is 11.8 Å². The third-order valence-electron chi connectivity index (χ3n) is 2.98. The van der Waals surface area contributed by atoms with Crippen LogP contribution < -0.4 is 5.32 Å². The molecule has 5 heteroatoms. The maximum atomic E-state index is 12.2. The first kappa shape index (κ1) is 11.3. The number of hydrogen-bond acceptors (Lipinski definition) is 4. The smallest absolute Gasteiger partial charge is 0.181 e. The van der Waals surface area contributed by atoms with E-state index in [4.69, 9.17) is 0 Å². The highest BCUT2D eigenvalue weighted by molar-refractivity contribution is 7.87. The topological polar surface area (TPSA) is 42.0 Å². The summed E-state index contributed by atoms with van der Waals surface area (Å²) < 4.78 is 14.1. The largest absolute Gasteiger partial charge is 0.313 e. The summed E-state index contributed by atoms with van der Waals surface area (Å²) in [6.07, 6.45) is 2.33. The second-order valence-corrected chi connectivity index (χ2v) is 6.95. The van der Waals surface area contributed by atoms with Crippen LogP contribution in [0.1, 0.15) is 12.8 Å². The Morgan fingerprint density at radius 1 is 1.47 bits per heavy atom. The molecule has 1 aromatic heterocycles. The monoisotopic (exact) mass is 266 g/mol. The van der Waals surface area contributed by atoms with Crippen LogP contribution in [-0.4, -0.2) is 27.5 Å². The standard InChI is InChI=1S/C12H14N2OS2/c15-17(8-9-4-3-7-13-9)12-14-10-5-1-2-6-11(10)16-12/h1-2,5-6,9,13H,3-4,7-8H2/t9-,17-/m0/s1. The molecule has 0 spiro atoms. The lowest BCUT2D eigenvalue weighted by molar-refractivity contribution is 0.643. The second-order valence-electron chi connectivity index (χ2n) is 4.25. The molecule has 90 valence electrons. The fraction of sp³-hybridized carbons (Fsp3) is 0.417. The van der Waals surface area contributed by atoms with Gasteiger partial charge in [0.15, 0.2) is 4.34 Å². The highest BCUT2D eigenvalue weighted by atomic mass is 32.2. The van der Waals surface area contributed by atoms with Crippen molar-refractivity contribution in [3.8, 4) is 0 Å². The lowest BCUT2D eigenvalue weighted by Gasteiger charge is -2.07. The van der Waals surface area contributed by atoms with Crippen LogP contribution in [-0.2, 0) is 10.8 Å². The molecule has 1 N–H and O–H groups in total. The third kappa shape index (κ3) is 2.41. The summed E-state index contributed by atoms with van der Waals surface area (Å²) in [4.78, 5) is 4.45. The summed E-state index contributed by atoms with van der Waals surface area (Å²) in [6, 6.07) is 8.36. The van der Waals surface area contributed by atoms with Crippen molar-refractivity contribution in [2.45, 2.75) is 23.2 Å². The zero-order valence-electron chi connectivity index (χ0n) is 9.39.